The molecule has 0 saturated heterocycles. The Balaban J connectivity index is 3.03. The maximum atomic E-state index is 6.38. The predicted octanol–water partition coefficient (Wildman–Crippen LogP) is 5.29. The van der Waals surface area contributed by atoms with Gasteiger partial charge in [0.05, 0.1) is 11.4 Å². The van der Waals surface area contributed by atoms with Crippen LogP contribution in [0.25, 0.3) is 0 Å². The van der Waals surface area contributed by atoms with Crippen LogP contribution in [0.2, 0.25) is 0 Å². The van der Waals surface area contributed by atoms with Crippen molar-refractivity contribution in [2.45, 2.75) is 60.3 Å². The Kier molecular flexibility index (Phi) is 7.07. The van der Waals surface area contributed by atoms with Crippen LogP contribution in [0.5, 0.6) is 0 Å². The lowest BCUT2D eigenvalue weighted by atomic mass is 9.93. The lowest BCUT2D eigenvalue weighted by molar-refractivity contribution is 0.553. The van der Waals surface area contributed by atoms with Gasteiger partial charge < -0.3 is 10.6 Å². The van der Waals surface area contributed by atoms with Crippen LogP contribution >= 0.6 is 0 Å². The van der Waals surface area contributed by atoms with Crippen LogP contribution in [0.15, 0.2) is 18.2 Å². The van der Waals surface area contributed by atoms with Gasteiger partial charge in [-0.25, -0.2) is 0 Å². The molecule has 21 heavy (non-hydrogen) atoms. The first kappa shape index (κ1) is 17.9. The summed E-state index contributed by atoms with van der Waals surface area (Å²) in [7, 11) is 0. The second-order valence-electron chi connectivity index (χ2n) is 7.02. The van der Waals surface area contributed by atoms with Crippen LogP contribution in [0, 0.1) is 11.8 Å². The Hall–Kier alpha value is -1.18. The van der Waals surface area contributed by atoms with Gasteiger partial charge in [0, 0.05) is 13.1 Å². The van der Waals surface area contributed by atoms with Crippen LogP contribution in [0.1, 0.15) is 65.9 Å². The SMILES string of the molecule is CCC(CC)c1ccc(N(CC(C)C)CC(C)C)c(N)c1. The van der Waals surface area contributed by atoms with Gasteiger partial charge in [0.2, 0.25) is 0 Å². The van der Waals surface area contributed by atoms with Crippen LogP contribution in [-0.4, -0.2) is 13.1 Å². The molecular weight excluding hydrogens is 256 g/mol. The molecule has 1 aromatic carbocycles. The number of hydrogen-bond donors (Lipinski definition) is 1. The van der Waals surface area contributed by atoms with E-state index in [-0.39, 0.29) is 0 Å². The molecule has 2 N–H and O–H groups in total. The van der Waals surface area contributed by atoms with Crippen molar-refractivity contribution in [3.63, 3.8) is 0 Å². The highest BCUT2D eigenvalue weighted by molar-refractivity contribution is 5.68. The van der Waals surface area contributed by atoms with E-state index in [1.165, 1.54) is 24.1 Å². The van der Waals surface area contributed by atoms with Gasteiger partial charge in [-0.15, -0.1) is 0 Å². The molecule has 0 aliphatic carbocycles. The van der Waals surface area contributed by atoms with Crippen molar-refractivity contribution in [3.8, 4) is 0 Å². The van der Waals surface area contributed by atoms with Gasteiger partial charge in [0.1, 0.15) is 0 Å². The topological polar surface area (TPSA) is 29.3 Å². The molecule has 0 unspecified atom stereocenters. The summed E-state index contributed by atoms with van der Waals surface area (Å²) in [5, 5.41) is 0. The minimum Gasteiger partial charge on any atom is -0.397 e. The third-order valence-electron chi connectivity index (χ3n) is 4.02. The molecular formula is C19H34N2. The van der Waals surface area contributed by atoms with Crippen LogP contribution in [-0.2, 0) is 0 Å². The summed E-state index contributed by atoms with van der Waals surface area (Å²) in [4.78, 5) is 2.45. The number of anilines is 2. The van der Waals surface area contributed by atoms with E-state index in [0.29, 0.717) is 17.8 Å². The highest BCUT2D eigenvalue weighted by atomic mass is 15.1. The molecule has 0 bridgehead atoms. The fourth-order valence-electron chi connectivity index (χ4n) is 3.03. The second kappa shape index (κ2) is 8.31. The quantitative estimate of drug-likeness (QED) is 0.659. The van der Waals surface area contributed by atoms with Gasteiger partial charge in [0.25, 0.3) is 0 Å². The zero-order valence-corrected chi connectivity index (χ0v) is 14.8. The third-order valence-corrected chi connectivity index (χ3v) is 4.02. The Morgan fingerprint density at radius 3 is 1.86 bits per heavy atom. The summed E-state index contributed by atoms with van der Waals surface area (Å²) in [6, 6.07) is 6.70. The molecule has 0 fully saturated rings. The van der Waals surface area contributed by atoms with E-state index in [1.807, 2.05) is 0 Å². The number of benzene rings is 1. The van der Waals surface area contributed by atoms with Crippen molar-refractivity contribution in [1.29, 1.82) is 0 Å². The number of nitrogen functional groups attached to an aromatic ring is 1. The molecule has 0 aliphatic rings. The molecule has 0 radical (unpaired) electrons. The molecule has 0 aromatic heterocycles. The standard InChI is InChI=1S/C19H34N2/c1-7-16(8-2)17-9-10-19(18(20)11-17)21(12-14(3)4)13-15(5)6/h9-11,14-16H,7-8,12-13,20H2,1-6H3. The molecule has 120 valence electrons. The minimum absolute atomic E-state index is 0.630. The maximum Gasteiger partial charge on any atom is 0.0600 e. The van der Waals surface area contributed by atoms with E-state index in [0.717, 1.165) is 18.8 Å². The lowest BCUT2D eigenvalue weighted by Crippen LogP contribution is -2.31. The Bertz CT molecular complexity index is 410. The Morgan fingerprint density at radius 2 is 1.48 bits per heavy atom. The van der Waals surface area contributed by atoms with Crippen molar-refractivity contribution in [1.82, 2.24) is 0 Å². The summed E-state index contributed by atoms with van der Waals surface area (Å²) in [5.41, 5.74) is 9.90. The zero-order chi connectivity index (χ0) is 16.0. The molecule has 2 heteroatoms. The fraction of sp³-hybridized carbons (Fsp3) is 0.684. The normalized spacial score (nSPS) is 11.7. The smallest absolute Gasteiger partial charge is 0.0600 e. The number of rotatable bonds is 8. The molecule has 1 rings (SSSR count). The van der Waals surface area contributed by atoms with Crippen LogP contribution < -0.4 is 10.6 Å². The molecule has 1 aromatic rings. The summed E-state index contributed by atoms with van der Waals surface area (Å²) in [5.74, 6) is 1.91. The van der Waals surface area contributed by atoms with E-state index < -0.39 is 0 Å². The van der Waals surface area contributed by atoms with E-state index >= 15 is 0 Å². The van der Waals surface area contributed by atoms with Gasteiger partial charge in [-0.2, -0.15) is 0 Å². The summed E-state index contributed by atoms with van der Waals surface area (Å²) >= 11 is 0. The first-order valence-corrected chi connectivity index (χ1v) is 8.53. The highest BCUT2D eigenvalue weighted by Crippen LogP contribution is 2.31. The molecule has 0 saturated carbocycles. The Morgan fingerprint density at radius 1 is 0.952 bits per heavy atom. The third kappa shape index (κ3) is 5.26. The van der Waals surface area contributed by atoms with Gasteiger partial charge >= 0.3 is 0 Å². The first-order valence-electron chi connectivity index (χ1n) is 8.53. The number of hydrogen-bond acceptors (Lipinski definition) is 2. The van der Waals surface area contributed by atoms with E-state index in [1.54, 1.807) is 0 Å². The fourth-order valence-corrected chi connectivity index (χ4v) is 3.03. The highest BCUT2D eigenvalue weighted by Gasteiger charge is 2.15. The van der Waals surface area contributed by atoms with Crippen molar-refractivity contribution in [2.24, 2.45) is 11.8 Å². The molecule has 0 atom stereocenters. The van der Waals surface area contributed by atoms with Crippen molar-refractivity contribution in [2.75, 3.05) is 23.7 Å². The van der Waals surface area contributed by atoms with Gasteiger partial charge in [0.15, 0.2) is 0 Å². The Labute approximate surface area is 131 Å². The minimum atomic E-state index is 0.630. The summed E-state index contributed by atoms with van der Waals surface area (Å²) in [6.07, 6.45) is 2.36. The van der Waals surface area contributed by atoms with Crippen LogP contribution in [0.3, 0.4) is 0 Å². The zero-order valence-electron chi connectivity index (χ0n) is 14.8. The molecule has 0 spiro atoms. The van der Waals surface area contributed by atoms with Crippen LogP contribution in [0.4, 0.5) is 11.4 Å². The lowest BCUT2D eigenvalue weighted by Gasteiger charge is -2.30. The summed E-state index contributed by atoms with van der Waals surface area (Å²) in [6.45, 7) is 15.7. The molecule has 0 aliphatic heterocycles. The molecule has 0 amide bonds. The number of nitrogens with zero attached hydrogens (tertiary/aromatic N) is 1. The average molecular weight is 290 g/mol. The average Bonchev–Trinajstić information content (AvgIpc) is 2.38. The number of nitrogens with two attached hydrogens (primary N) is 1. The molecule has 0 heterocycles. The van der Waals surface area contributed by atoms with E-state index in [4.69, 9.17) is 5.73 Å². The first-order chi connectivity index (χ1) is 9.88. The van der Waals surface area contributed by atoms with Gasteiger partial charge in [-0.1, -0.05) is 47.6 Å². The predicted molar refractivity (Wildman–Crippen MR) is 96.1 cm³/mol. The van der Waals surface area contributed by atoms with E-state index in [9.17, 15) is 0 Å². The van der Waals surface area contributed by atoms with Crippen molar-refractivity contribution in [3.05, 3.63) is 23.8 Å². The molecule has 2 nitrogen and oxygen atoms in total. The van der Waals surface area contributed by atoms with Gasteiger partial charge in [-0.05, 0) is 48.3 Å². The van der Waals surface area contributed by atoms with Crippen molar-refractivity contribution < 1.29 is 0 Å². The second-order valence-corrected chi connectivity index (χ2v) is 7.02. The van der Waals surface area contributed by atoms with Crippen molar-refractivity contribution >= 4 is 11.4 Å². The largest absolute Gasteiger partial charge is 0.397 e. The van der Waals surface area contributed by atoms with E-state index in [2.05, 4.69) is 64.6 Å². The maximum absolute atomic E-state index is 6.38. The summed E-state index contributed by atoms with van der Waals surface area (Å²) < 4.78 is 0. The van der Waals surface area contributed by atoms with Gasteiger partial charge in [-0.3, -0.25) is 0 Å². The monoisotopic (exact) mass is 290 g/mol.